The summed E-state index contributed by atoms with van der Waals surface area (Å²) in [7, 11) is 0. The molecule has 3 rings (SSSR count). The van der Waals surface area contributed by atoms with Gasteiger partial charge in [-0.3, -0.25) is 0 Å². The number of carbonyl (C=O) groups is 1. The Hall–Kier alpha value is -3.44. The molecule has 36 heavy (non-hydrogen) atoms. The molecule has 0 saturated heterocycles. The summed E-state index contributed by atoms with van der Waals surface area (Å²) in [6.07, 6.45) is -9.17. The Morgan fingerprint density at radius 3 is 1.97 bits per heavy atom. The van der Waals surface area contributed by atoms with Gasteiger partial charge >= 0.3 is 29.9 Å². The zero-order valence-electron chi connectivity index (χ0n) is 18.1. The maximum Gasteiger partial charge on any atom is 0.460 e. The molecule has 0 aliphatic rings. The van der Waals surface area contributed by atoms with Crippen molar-refractivity contribution in [1.29, 1.82) is 0 Å². The monoisotopic (exact) mass is 524 g/mol. The molecule has 0 bridgehead atoms. The lowest BCUT2D eigenvalue weighted by Gasteiger charge is -2.33. The van der Waals surface area contributed by atoms with Crippen molar-refractivity contribution in [2.24, 2.45) is 0 Å². The van der Waals surface area contributed by atoms with Gasteiger partial charge in [-0.05, 0) is 40.6 Å². The number of benzene rings is 3. The number of hydrogen-bond acceptors (Lipinski definition) is 3. The highest BCUT2D eigenvalue weighted by molar-refractivity contribution is 5.95. The van der Waals surface area contributed by atoms with E-state index in [2.05, 4.69) is 4.74 Å². The summed E-state index contributed by atoms with van der Waals surface area (Å²) in [6.45, 7) is -1.23. The molecular formula is C24H17F9O3. The molecule has 194 valence electrons. The molecule has 0 fully saturated rings. The van der Waals surface area contributed by atoms with Crippen molar-refractivity contribution in [1.82, 2.24) is 0 Å². The normalized spacial score (nSPS) is 13.0. The number of rotatable bonds is 9. The van der Waals surface area contributed by atoms with Crippen LogP contribution in [0.5, 0.6) is 5.75 Å². The molecule has 0 heterocycles. The lowest BCUT2D eigenvalue weighted by molar-refractivity contribution is -0.397. The number of fused-ring (bicyclic) bond motifs is 1. The van der Waals surface area contributed by atoms with Crippen molar-refractivity contribution in [3.8, 4) is 5.75 Å². The summed E-state index contributed by atoms with van der Waals surface area (Å²) in [5.41, 5.74) is 0.748. The smallest absolute Gasteiger partial charge is 0.460 e. The summed E-state index contributed by atoms with van der Waals surface area (Å²) in [5, 5.41) is 1.12. The Bertz CT molecular complexity index is 1210. The Kier molecular flexibility index (Phi) is 7.47. The van der Waals surface area contributed by atoms with Gasteiger partial charge in [-0.25, -0.2) is 4.79 Å². The number of ether oxygens (including phenoxy) is 2. The van der Waals surface area contributed by atoms with Crippen LogP contribution in [-0.2, 0) is 11.3 Å². The van der Waals surface area contributed by atoms with Crippen molar-refractivity contribution in [3.63, 3.8) is 0 Å². The SMILES string of the molecule is O=C(OCCC(F)(F)C(F)(F)C(F)(F)C(F)(F)F)c1ccc2cc(OCc3ccccc3)ccc2c1. The zero-order valence-corrected chi connectivity index (χ0v) is 18.1. The Balaban J connectivity index is 1.62. The highest BCUT2D eigenvalue weighted by atomic mass is 19.4. The largest absolute Gasteiger partial charge is 0.489 e. The molecule has 0 aromatic heterocycles. The first kappa shape index (κ1) is 27.2. The van der Waals surface area contributed by atoms with E-state index in [1.807, 2.05) is 30.3 Å². The van der Waals surface area contributed by atoms with Gasteiger partial charge in [0.05, 0.1) is 18.6 Å². The van der Waals surface area contributed by atoms with E-state index < -0.39 is 42.9 Å². The van der Waals surface area contributed by atoms with Crippen LogP contribution < -0.4 is 4.74 Å². The molecule has 3 aromatic rings. The van der Waals surface area contributed by atoms with Crippen LogP contribution in [0.3, 0.4) is 0 Å². The van der Waals surface area contributed by atoms with Crippen molar-refractivity contribution in [2.75, 3.05) is 6.61 Å². The van der Waals surface area contributed by atoms with Crippen LogP contribution in [0.2, 0.25) is 0 Å². The summed E-state index contributed by atoms with van der Waals surface area (Å²) in [6, 6.07) is 18.1. The minimum absolute atomic E-state index is 0.184. The van der Waals surface area contributed by atoms with Gasteiger partial charge in [0.25, 0.3) is 0 Å². The highest BCUT2D eigenvalue weighted by Gasteiger charge is 2.81. The first-order valence-corrected chi connectivity index (χ1v) is 10.2. The number of hydrogen-bond donors (Lipinski definition) is 0. The van der Waals surface area contributed by atoms with Crippen LogP contribution in [-0.4, -0.2) is 36.5 Å². The minimum atomic E-state index is -6.99. The molecule has 3 aromatic carbocycles. The maximum atomic E-state index is 13.6. The van der Waals surface area contributed by atoms with Crippen molar-refractivity contribution in [2.45, 2.75) is 37.0 Å². The second-order valence-corrected chi connectivity index (χ2v) is 7.73. The first-order valence-electron chi connectivity index (χ1n) is 10.2. The third-order valence-electron chi connectivity index (χ3n) is 5.15. The molecule has 0 radical (unpaired) electrons. The van der Waals surface area contributed by atoms with E-state index in [-0.39, 0.29) is 5.56 Å². The summed E-state index contributed by atoms with van der Waals surface area (Å²) in [5.74, 6) is -20.3. The molecule has 12 heteroatoms. The van der Waals surface area contributed by atoms with Gasteiger partial charge in [-0.15, -0.1) is 0 Å². The maximum absolute atomic E-state index is 13.6. The average Bonchev–Trinajstić information content (AvgIpc) is 2.81. The predicted octanol–water partition coefficient (Wildman–Crippen LogP) is 7.43. The fourth-order valence-electron chi connectivity index (χ4n) is 3.10. The van der Waals surface area contributed by atoms with E-state index in [1.54, 1.807) is 18.2 Å². The standard InChI is InChI=1S/C24H17F9O3/c25-21(26,22(27,28)23(29,30)24(31,32)33)10-11-35-20(34)18-7-6-17-13-19(9-8-16(17)12-18)36-14-15-4-2-1-3-5-15/h1-9,12-13H,10-11,14H2. The average molecular weight is 524 g/mol. The van der Waals surface area contributed by atoms with E-state index in [1.165, 1.54) is 18.2 Å². The van der Waals surface area contributed by atoms with E-state index >= 15 is 0 Å². The van der Waals surface area contributed by atoms with Crippen molar-refractivity contribution < 1.29 is 53.8 Å². The predicted molar refractivity (Wildman–Crippen MR) is 111 cm³/mol. The van der Waals surface area contributed by atoms with Crippen molar-refractivity contribution >= 4 is 16.7 Å². The van der Waals surface area contributed by atoms with Crippen molar-refractivity contribution in [3.05, 3.63) is 77.9 Å². The number of halogens is 9. The molecule has 0 atom stereocenters. The van der Waals surface area contributed by atoms with Crippen LogP contribution in [0.4, 0.5) is 39.5 Å². The molecule has 0 N–H and O–H groups in total. The van der Waals surface area contributed by atoms with E-state index in [9.17, 15) is 44.3 Å². The molecule has 3 nitrogen and oxygen atoms in total. The van der Waals surface area contributed by atoms with E-state index in [0.717, 1.165) is 5.56 Å². The van der Waals surface area contributed by atoms with Gasteiger partial charge in [0.1, 0.15) is 12.4 Å². The number of alkyl halides is 9. The minimum Gasteiger partial charge on any atom is -0.489 e. The summed E-state index contributed by atoms with van der Waals surface area (Å²) < 4.78 is 126. The third-order valence-corrected chi connectivity index (χ3v) is 5.15. The third kappa shape index (κ3) is 5.52. The van der Waals surface area contributed by atoms with E-state index in [4.69, 9.17) is 4.74 Å². The number of carbonyl (C=O) groups excluding carboxylic acids is 1. The van der Waals surface area contributed by atoms with Gasteiger partial charge in [0.2, 0.25) is 0 Å². The van der Waals surface area contributed by atoms with Crippen LogP contribution >= 0.6 is 0 Å². The van der Waals surface area contributed by atoms with Crippen LogP contribution in [0.15, 0.2) is 66.7 Å². The summed E-state index contributed by atoms with van der Waals surface area (Å²) in [4.78, 5) is 12.1. The molecule has 0 aliphatic heterocycles. The van der Waals surface area contributed by atoms with Gasteiger partial charge in [0, 0.05) is 0 Å². The van der Waals surface area contributed by atoms with Crippen LogP contribution in [0, 0.1) is 0 Å². The van der Waals surface area contributed by atoms with Crippen LogP contribution in [0.25, 0.3) is 10.8 Å². The quantitative estimate of drug-likeness (QED) is 0.216. The molecule has 0 amide bonds. The first-order chi connectivity index (χ1) is 16.7. The van der Waals surface area contributed by atoms with Crippen LogP contribution in [0.1, 0.15) is 22.3 Å². The number of esters is 1. The molecular weight excluding hydrogens is 507 g/mol. The lowest BCUT2D eigenvalue weighted by atomic mass is 10.0. The fraction of sp³-hybridized carbons (Fsp3) is 0.292. The molecule has 0 spiro atoms. The van der Waals surface area contributed by atoms with E-state index in [0.29, 0.717) is 23.1 Å². The highest BCUT2D eigenvalue weighted by Crippen LogP contribution is 2.54. The zero-order chi connectivity index (χ0) is 26.8. The van der Waals surface area contributed by atoms with Gasteiger partial charge in [-0.2, -0.15) is 39.5 Å². The molecule has 0 unspecified atom stereocenters. The van der Waals surface area contributed by atoms with Gasteiger partial charge < -0.3 is 9.47 Å². The Morgan fingerprint density at radius 1 is 0.722 bits per heavy atom. The fourth-order valence-corrected chi connectivity index (χ4v) is 3.10. The molecule has 0 aliphatic carbocycles. The topological polar surface area (TPSA) is 35.5 Å². The lowest BCUT2D eigenvalue weighted by Crippen LogP contribution is -2.61. The van der Waals surface area contributed by atoms with Gasteiger partial charge in [0.15, 0.2) is 0 Å². The molecule has 0 saturated carbocycles. The summed E-state index contributed by atoms with van der Waals surface area (Å²) >= 11 is 0. The second-order valence-electron chi connectivity index (χ2n) is 7.73. The second kappa shape index (κ2) is 9.90. The Labute approximate surface area is 198 Å². The van der Waals surface area contributed by atoms with Gasteiger partial charge in [-0.1, -0.05) is 42.5 Å². The Morgan fingerprint density at radius 2 is 1.33 bits per heavy atom.